The molecule has 0 saturated heterocycles. The average molecular weight is 312 g/mol. The molecule has 4 rings (SSSR count). The first-order chi connectivity index (χ1) is 10.4. The fourth-order valence-electron chi connectivity index (χ4n) is 2.69. The predicted molar refractivity (Wildman–Crippen MR) is 88.7 cm³/mol. The molecule has 4 heteroatoms. The van der Waals surface area contributed by atoms with Crippen LogP contribution in [-0.4, -0.2) is 0 Å². The van der Waals surface area contributed by atoms with Gasteiger partial charge in [-0.2, -0.15) is 0 Å². The van der Waals surface area contributed by atoms with Crippen molar-refractivity contribution >= 4 is 44.9 Å². The molecule has 0 atom stereocenters. The highest BCUT2D eigenvalue weighted by atomic mass is 32.1. The smallest absolute Gasteiger partial charge is 0.133 e. The van der Waals surface area contributed by atoms with E-state index >= 15 is 0 Å². The summed E-state index contributed by atoms with van der Waals surface area (Å²) in [6.45, 7) is 2.16. The lowest BCUT2D eigenvalue weighted by molar-refractivity contribution is -0.636. The predicted octanol–water partition coefficient (Wildman–Crippen LogP) is 3.78. The minimum Gasteiger partial charge on any atom is -0.133 e. The second-order valence-electron chi connectivity index (χ2n) is 5.12. The second-order valence-corrected chi connectivity index (χ2v) is 6.90. The fourth-order valence-corrected chi connectivity index (χ4v) is 4.60. The van der Waals surface area contributed by atoms with E-state index in [2.05, 4.69) is 67.2 Å². The van der Waals surface area contributed by atoms with Gasteiger partial charge in [0, 0.05) is 12.1 Å². The van der Waals surface area contributed by atoms with Crippen LogP contribution in [0.2, 0.25) is 0 Å². The molecule has 2 heterocycles. The molecule has 2 aromatic heterocycles. The summed E-state index contributed by atoms with van der Waals surface area (Å²) in [6.07, 6.45) is 1.16. The van der Waals surface area contributed by atoms with Gasteiger partial charge in [0.2, 0.25) is 11.0 Å². The van der Waals surface area contributed by atoms with Crippen molar-refractivity contribution in [2.24, 2.45) is 0 Å². The standard InChI is InChI=1S/C17H16N2S2/c1-3-8-16-14(6-1)12-20-18(16)10-5-11-19-17-9-4-2-7-15(17)13-21-19/h1-4,6-9,12-13H,5,10-11H2/q+2. The van der Waals surface area contributed by atoms with Crippen LogP contribution in [0.3, 0.4) is 0 Å². The highest BCUT2D eigenvalue weighted by Crippen LogP contribution is 2.14. The van der Waals surface area contributed by atoms with Gasteiger partial charge in [0.1, 0.15) is 23.1 Å². The van der Waals surface area contributed by atoms with Crippen LogP contribution in [0.15, 0.2) is 59.3 Å². The Hall–Kier alpha value is -1.78. The number of hydrogen-bond acceptors (Lipinski definition) is 2. The van der Waals surface area contributed by atoms with Crippen LogP contribution in [0.25, 0.3) is 21.8 Å². The first-order valence-electron chi connectivity index (χ1n) is 7.15. The van der Waals surface area contributed by atoms with Crippen LogP contribution in [0, 0.1) is 0 Å². The summed E-state index contributed by atoms with van der Waals surface area (Å²) >= 11 is 3.63. The molecule has 0 radical (unpaired) electrons. The fraction of sp³-hybridized carbons (Fsp3) is 0.176. The van der Waals surface area contributed by atoms with E-state index in [4.69, 9.17) is 0 Å². The molecule has 21 heavy (non-hydrogen) atoms. The van der Waals surface area contributed by atoms with Gasteiger partial charge in [0.15, 0.2) is 13.1 Å². The number of hydrogen-bond donors (Lipinski definition) is 0. The van der Waals surface area contributed by atoms with Crippen molar-refractivity contribution in [2.75, 3.05) is 0 Å². The van der Waals surface area contributed by atoms with E-state index in [-0.39, 0.29) is 0 Å². The third-order valence-corrected chi connectivity index (χ3v) is 5.73. The summed E-state index contributed by atoms with van der Waals surface area (Å²) in [5.41, 5.74) is 2.70. The zero-order valence-corrected chi connectivity index (χ0v) is 13.2. The van der Waals surface area contributed by atoms with Gasteiger partial charge in [-0.1, -0.05) is 24.3 Å². The van der Waals surface area contributed by atoms with Gasteiger partial charge in [-0.3, -0.25) is 0 Å². The molecule has 0 aliphatic rings. The van der Waals surface area contributed by atoms with Crippen molar-refractivity contribution in [3.05, 3.63) is 59.3 Å². The summed E-state index contributed by atoms with van der Waals surface area (Å²) in [6, 6.07) is 17.2. The molecular formula is C17H16N2S2+2. The van der Waals surface area contributed by atoms with Gasteiger partial charge in [-0.25, -0.2) is 0 Å². The normalized spacial score (nSPS) is 11.4. The van der Waals surface area contributed by atoms with Gasteiger partial charge >= 0.3 is 0 Å². The maximum absolute atomic E-state index is 2.39. The lowest BCUT2D eigenvalue weighted by atomic mass is 10.2. The van der Waals surface area contributed by atoms with Crippen LogP contribution in [0.4, 0.5) is 0 Å². The van der Waals surface area contributed by atoms with E-state index in [0.29, 0.717) is 0 Å². The van der Waals surface area contributed by atoms with Crippen LogP contribution in [0.5, 0.6) is 0 Å². The Morgan fingerprint density at radius 3 is 1.67 bits per heavy atom. The first kappa shape index (κ1) is 12.9. The summed E-state index contributed by atoms with van der Waals surface area (Å²) in [4.78, 5) is 0. The molecule has 2 aromatic carbocycles. The summed E-state index contributed by atoms with van der Waals surface area (Å²) in [5, 5.41) is 7.17. The number of benzene rings is 2. The Morgan fingerprint density at radius 1 is 0.667 bits per heavy atom. The van der Waals surface area contributed by atoms with Crippen molar-refractivity contribution in [2.45, 2.75) is 19.5 Å². The van der Waals surface area contributed by atoms with Gasteiger partial charge in [-0.15, -0.1) is 7.91 Å². The van der Waals surface area contributed by atoms with Crippen molar-refractivity contribution < 1.29 is 7.91 Å². The van der Waals surface area contributed by atoms with E-state index in [0.717, 1.165) is 19.5 Å². The molecule has 0 spiro atoms. The van der Waals surface area contributed by atoms with Gasteiger partial charge in [0.25, 0.3) is 0 Å². The second kappa shape index (κ2) is 5.54. The van der Waals surface area contributed by atoms with Crippen molar-refractivity contribution in [1.82, 2.24) is 0 Å². The third kappa shape index (κ3) is 2.45. The van der Waals surface area contributed by atoms with Crippen molar-refractivity contribution in [3.63, 3.8) is 0 Å². The molecule has 2 nitrogen and oxygen atoms in total. The van der Waals surface area contributed by atoms with E-state index in [1.807, 2.05) is 23.1 Å². The zero-order chi connectivity index (χ0) is 14.1. The van der Waals surface area contributed by atoms with E-state index in [9.17, 15) is 0 Å². The SMILES string of the molecule is c1ccc2c(c1)cs[n+]2CCC[n+]1scc2ccccc21. The van der Waals surface area contributed by atoms with Crippen molar-refractivity contribution in [1.29, 1.82) is 0 Å². The number of para-hydroxylation sites is 2. The van der Waals surface area contributed by atoms with Crippen LogP contribution in [0.1, 0.15) is 6.42 Å². The van der Waals surface area contributed by atoms with E-state index in [1.54, 1.807) is 0 Å². The Kier molecular flexibility index (Phi) is 3.41. The molecule has 0 fully saturated rings. The molecule has 4 aromatic rings. The molecule has 0 aliphatic carbocycles. The third-order valence-electron chi connectivity index (χ3n) is 3.75. The largest absolute Gasteiger partial charge is 0.227 e. The Labute approximate surface area is 131 Å². The number of aryl methyl sites for hydroxylation is 2. The summed E-state index contributed by atoms with van der Waals surface area (Å²) in [7, 11) is 0. The van der Waals surface area contributed by atoms with E-state index in [1.165, 1.54) is 21.8 Å². The highest BCUT2D eigenvalue weighted by Gasteiger charge is 2.15. The molecule has 104 valence electrons. The molecule has 0 aliphatic heterocycles. The molecular weight excluding hydrogens is 296 g/mol. The Bertz CT molecular complexity index is 818. The quantitative estimate of drug-likeness (QED) is 0.507. The maximum atomic E-state index is 2.39. The van der Waals surface area contributed by atoms with Crippen LogP contribution < -0.4 is 7.91 Å². The Balaban J connectivity index is 1.50. The molecule has 0 amide bonds. The number of fused-ring (bicyclic) bond motifs is 2. The minimum atomic E-state index is 1.08. The molecule has 0 saturated carbocycles. The van der Waals surface area contributed by atoms with Gasteiger partial charge in [0.05, 0.1) is 28.0 Å². The molecule has 0 unspecified atom stereocenters. The first-order valence-corrected chi connectivity index (χ1v) is 8.82. The lowest BCUT2D eigenvalue weighted by Gasteiger charge is -1.93. The number of nitrogens with zero attached hydrogens (tertiary/aromatic N) is 2. The van der Waals surface area contributed by atoms with Crippen molar-refractivity contribution in [3.8, 4) is 0 Å². The van der Waals surface area contributed by atoms with Crippen LogP contribution >= 0.6 is 23.1 Å². The summed E-state index contributed by atoms with van der Waals surface area (Å²) < 4.78 is 4.79. The number of aromatic nitrogens is 2. The van der Waals surface area contributed by atoms with Gasteiger partial charge < -0.3 is 0 Å². The zero-order valence-electron chi connectivity index (χ0n) is 11.6. The van der Waals surface area contributed by atoms with Crippen LogP contribution in [-0.2, 0) is 13.1 Å². The molecule has 0 bridgehead atoms. The topological polar surface area (TPSA) is 7.76 Å². The Morgan fingerprint density at radius 2 is 1.14 bits per heavy atom. The maximum Gasteiger partial charge on any atom is 0.227 e. The van der Waals surface area contributed by atoms with E-state index < -0.39 is 0 Å². The highest BCUT2D eigenvalue weighted by molar-refractivity contribution is 7.00. The lowest BCUT2D eigenvalue weighted by Crippen LogP contribution is -2.35. The average Bonchev–Trinajstić information content (AvgIpc) is 3.13. The molecule has 0 N–H and O–H groups in total. The number of rotatable bonds is 4. The summed E-state index contributed by atoms with van der Waals surface area (Å²) in [5.74, 6) is 0. The monoisotopic (exact) mass is 312 g/mol. The van der Waals surface area contributed by atoms with Gasteiger partial charge in [-0.05, 0) is 12.1 Å². The minimum absolute atomic E-state index is 1.08.